The molecule has 2 aromatic rings. The number of amides is 3. The molecule has 3 amide bonds. The van der Waals surface area contributed by atoms with E-state index in [9.17, 15) is 14.0 Å². The maximum atomic E-state index is 14.4. The zero-order valence-electron chi connectivity index (χ0n) is 13.8. The number of nitrogens with one attached hydrogen (secondary N) is 1. The number of rotatable bonds is 3. The van der Waals surface area contributed by atoms with E-state index < -0.39 is 5.82 Å². The predicted molar refractivity (Wildman–Crippen MR) is 98.6 cm³/mol. The average Bonchev–Trinajstić information content (AvgIpc) is 3.22. The molecule has 0 saturated carbocycles. The van der Waals surface area contributed by atoms with Gasteiger partial charge in [0.05, 0.1) is 17.8 Å². The van der Waals surface area contributed by atoms with E-state index in [2.05, 4.69) is 10.3 Å². The molecule has 0 atom stereocenters. The Balaban J connectivity index is 1.53. The van der Waals surface area contributed by atoms with Crippen LogP contribution in [0.2, 0.25) is 5.02 Å². The van der Waals surface area contributed by atoms with Crippen LogP contribution in [0.15, 0.2) is 17.5 Å². The van der Waals surface area contributed by atoms with E-state index in [0.717, 1.165) is 12.0 Å². The highest BCUT2D eigenvalue weighted by Gasteiger charge is 2.28. The molecule has 136 valence electrons. The first-order chi connectivity index (χ1) is 12.5. The van der Waals surface area contributed by atoms with Crippen LogP contribution < -0.4 is 15.1 Å². The third-order valence-electron chi connectivity index (χ3n) is 4.47. The zero-order chi connectivity index (χ0) is 18.3. The molecule has 1 N–H and O–H groups in total. The highest BCUT2D eigenvalue weighted by Crippen LogP contribution is 2.33. The van der Waals surface area contributed by atoms with Crippen molar-refractivity contribution >= 4 is 45.7 Å². The molecule has 0 radical (unpaired) electrons. The van der Waals surface area contributed by atoms with Crippen molar-refractivity contribution < 1.29 is 14.0 Å². The van der Waals surface area contributed by atoms with Crippen LogP contribution in [0.4, 0.5) is 20.0 Å². The summed E-state index contributed by atoms with van der Waals surface area (Å²) in [6, 6.07) is 2.77. The lowest BCUT2D eigenvalue weighted by Gasteiger charge is -2.30. The lowest BCUT2D eigenvalue weighted by molar-refractivity contribution is -0.118. The van der Waals surface area contributed by atoms with Gasteiger partial charge in [-0.05, 0) is 30.5 Å². The Morgan fingerprint density at radius 1 is 1.38 bits per heavy atom. The number of halogens is 2. The molecule has 6 nitrogen and oxygen atoms in total. The number of hydrogen-bond donors (Lipinski definition) is 1. The molecule has 0 aliphatic carbocycles. The zero-order valence-corrected chi connectivity index (χ0v) is 15.4. The minimum atomic E-state index is -0.478. The minimum Gasteiger partial charge on any atom is -0.336 e. The first-order valence-corrected chi connectivity index (χ1v) is 9.57. The molecule has 1 aromatic carbocycles. The Bertz CT molecular complexity index is 888. The summed E-state index contributed by atoms with van der Waals surface area (Å²) in [5.41, 5.74) is 1.65. The van der Waals surface area contributed by atoms with Crippen LogP contribution >= 0.6 is 22.9 Å². The molecule has 26 heavy (non-hydrogen) atoms. The second-order valence-electron chi connectivity index (χ2n) is 6.23. The second kappa shape index (κ2) is 6.85. The normalized spacial score (nSPS) is 16.6. The molecular weight excluding hydrogens is 379 g/mol. The molecule has 1 aromatic heterocycles. The van der Waals surface area contributed by atoms with E-state index in [4.69, 9.17) is 11.6 Å². The monoisotopic (exact) mass is 394 g/mol. The number of anilines is 2. The predicted octanol–water partition coefficient (Wildman–Crippen LogP) is 2.99. The smallest absolute Gasteiger partial charge is 0.323 e. The largest absolute Gasteiger partial charge is 0.336 e. The summed E-state index contributed by atoms with van der Waals surface area (Å²) in [5.74, 6) is -0.692. The van der Waals surface area contributed by atoms with Gasteiger partial charge in [0.15, 0.2) is 5.13 Å². The average molecular weight is 395 g/mol. The number of aryl methyl sites for hydroxylation is 1. The first-order valence-electron chi connectivity index (χ1n) is 8.31. The maximum Gasteiger partial charge on any atom is 0.323 e. The van der Waals surface area contributed by atoms with Gasteiger partial charge in [0, 0.05) is 30.0 Å². The van der Waals surface area contributed by atoms with Crippen LogP contribution in [0.3, 0.4) is 0 Å². The molecule has 2 aliphatic heterocycles. The molecular formula is C17H16ClFN4O2S. The Morgan fingerprint density at radius 2 is 2.23 bits per heavy atom. The maximum absolute atomic E-state index is 14.4. The number of benzene rings is 1. The SMILES string of the molecule is O=C1NCCN1c1nc(CC(=O)N2CCCc3cc(Cl)cc(F)c32)cs1. The fourth-order valence-corrected chi connectivity index (χ4v) is 4.38. The van der Waals surface area contributed by atoms with Crippen molar-refractivity contribution in [1.82, 2.24) is 10.3 Å². The van der Waals surface area contributed by atoms with Gasteiger partial charge in [-0.3, -0.25) is 9.69 Å². The molecule has 1 saturated heterocycles. The van der Waals surface area contributed by atoms with Crippen molar-refractivity contribution in [1.29, 1.82) is 0 Å². The Labute approximate surface area is 158 Å². The number of nitrogens with zero attached hydrogens (tertiary/aromatic N) is 3. The molecule has 0 spiro atoms. The van der Waals surface area contributed by atoms with Gasteiger partial charge in [-0.2, -0.15) is 0 Å². The Hall–Kier alpha value is -2.19. The Morgan fingerprint density at radius 3 is 3.00 bits per heavy atom. The summed E-state index contributed by atoms with van der Waals surface area (Å²) in [5, 5.41) is 5.39. The summed E-state index contributed by atoms with van der Waals surface area (Å²) in [4.78, 5) is 31.9. The van der Waals surface area contributed by atoms with Crippen LogP contribution in [0.1, 0.15) is 17.7 Å². The lowest BCUT2D eigenvalue weighted by Crippen LogP contribution is -2.37. The van der Waals surface area contributed by atoms with Crippen LogP contribution in [-0.2, 0) is 17.6 Å². The first kappa shape index (κ1) is 17.2. The molecule has 9 heteroatoms. The van der Waals surface area contributed by atoms with Crippen LogP contribution in [0.25, 0.3) is 0 Å². The van der Waals surface area contributed by atoms with Gasteiger partial charge in [0.1, 0.15) is 5.82 Å². The van der Waals surface area contributed by atoms with Gasteiger partial charge in [-0.15, -0.1) is 11.3 Å². The molecule has 2 aliphatic rings. The van der Waals surface area contributed by atoms with Crippen molar-refractivity contribution in [3.05, 3.63) is 39.6 Å². The van der Waals surface area contributed by atoms with Gasteiger partial charge < -0.3 is 10.2 Å². The third kappa shape index (κ3) is 3.14. The van der Waals surface area contributed by atoms with E-state index in [1.807, 2.05) is 0 Å². The van der Waals surface area contributed by atoms with Crippen molar-refractivity contribution in [2.24, 2.45) is 0 Å². The van der Waals surface area contributed by atoms with Gasteiger partial charge >= 0.3 is 6.03 Å². The third-order valence-corrected chi connectivity index (χ3v) is 5.60. The second-order valence-corrected chi connectivity index (χ2v) is 7.50. The number of hydrogen-bond acceptors (Lipinski definition) is 4. The highest BCUT2D eigenvalue weighted by molar-refractivity contribution is 7.14. The van der Waals surface area contributed by atoms with Crippen molar-refractivity contribution in [2.45, 2.75) is 19.3 Å². The standard InChI is InChI=1S/C17H16ClFN4O2S/c18-11-6-10-2-1-4-22(15(10)13(19)7-11)14(24)8-12-9-26-17(21-12)23-5-3-20-16(23)25/h6-7,9H,1-5,8H2,(H,20,25). The van der Waals surface area contributed by atoms with Crippen molar-refractivity contribution in [3.8, 4) is 0 Å². The summed E-state index contributed by atoms with van der Waals surface area (Å²) in [6.45, 7) is 1.61. The summed E-state index contributed by atoms with van der Waals surface area (Å²) in [7, 11) is 0. The fraction of sp³-hybridized carbons (Fsp3) is 0.353. The Kier molecular flexibility index (Phi) is 4.54. The molecule has 0 unspecified atom stereocenters. The van der Waals surface area contributed by atoms with E-state index in [0.29, 0.717) is 47.6 Å². The quantitative estimate of drug-likeness (QED) is 0.870. The number of carbonyl (C=O) groups is 2. The molecule has 1 fully saturated rings. The summed E-state index contributed by atoms with van der Waals surface area (Å²) >= 11 is 7.25. The van der Waals surface area contributed by atoms with Gasteiger partial charge in [-0.1, -0.05) is 11.6 Å². The highest BCUT2D eigenvalue weighted by atomic mass is 35.5. The van der Waals surface area contributed by atoms with Gasteiger partial charge in [0.2, 0.25) is 5.91 Å². The summed E-state index contributed by atoms with van der Waals surface area (Å²) < 4.78 is 14.4. The van der Waals surface area contributed by atoms with Crippen molar-refractivity contribution in [2.75, 3.05) is 29.4 Å². The number of aromatic nitrogens is 1. The molecule has 4 rings (SSSR count). The van der Waals surface area contributed by atoms with E-state index in [1.165, 1.54) is 22.3 Å². The van der Waals surface area contributed by atoms with E-state index in [-0.39, 0.29) is 18.4 Å². The van der Waals surface area contributed by atoms with E-state index in [1.54, 1.807) is 16.3 Å². The number of thiazole rings is 1. The van der Waals surface area contributed by atoms with Crippen LogP contribution in [0.5, 0.6) is 0 Å². The topological polar surface area (TPSA) is 65.5 Å². The summed E-state index contributed by atoms with van der Waals surface area (Å²) in [6.07, 6.45) is 1.52. The number of urea groups is 1. The van der Waals surface area contributed by atoms with E-state index >= 15 is 0 Å². The lowest BCUT2D eigenvalue weighted by atomic mass is 10.0. The number of fused-ring (bicyclic) bond motifs is 1. The fourth-order valence-electron chi connectivity index (χ4n) is 3.31. The minimum absolute atomic E-state index is 0.0630. The molecule has 3 heterocycles. The van der Waals surface area contributed by atoms with Gasteiger partial charge in [-0.25, -0.2) is 14.2 Å². The van der Waals surface area contributed by atoms with Crippen LogP contribution in [0, 0.1) is 5.82 Å². The van der Waals surface area contributed by atoms with Crippen LogP contribution in [-0.4, -0.2) is 36.6 Å². The number of carbonyl (C=O) groups excluding carboxylic acids is 2. The molecule has 0 bridgehead atoms. The van der Waals surface area contributed by atoms with Gasteiger partial charge in [0.25, 0.3) is 0 Å². The van der Waals surface area contributed by atoms with Crippen molar-refractivity contribution in [3.63, 3.8) is 0 Å².